The van der Waals surface area contributed by atoms with Crippen LogP contribution >= 0.6 is 11.3 Å². The van der Waals surface area contributed by atoms with E-state index in [4.69, 9.17) is 0 Å². The van der Waals surface area contributed by atoms with Crippen molar-refractivity contribution in [1.29, 1.82) is 0 Å². The third-order valence-electron chi connectivity index (χ3n) is 3.71. The fourth-order valence-electron chi connectivity index (χ4n) is 2.35. The van der Waals surface area contributed by atoms with E-state index >= 15 is 0 Å². The average Bonchev–Trinajstić information content (AvgIpc) is 3.11. The SMILES string of the molecule is CCNC(=NCc1nc(C(F)(F)F)cs1)NCCN(C)Cc1ccc(F)cc1. The van der Waals surface area contributed by atoms with Crippen molar-refractivity contribution in [3.8, 4) is 0 Å². The Kier molecular flexibility index (Phi) is 8.18. The molecule has 5 nitrogen and oxygen atoms in total. The number of aliphatic imine (C=N–C) groups is 1. The van der Waals surface area contributed by atoms with Gasteiger partial charge in [0.2, 0.25) is 0 Å². The highest BCUT2D eigenvalue weighted by Gasteiger charge is 2.33. The van der Waals surface area contributed by atoms with Gasteiger partial charge in [-0.15, -0.1) is 11.3 Å². The van der Waals surface area contributed by atoms with E-state index in [1.165, 1.54) is 12.1 Å². The third-order valence-corrected chi connectivity index (χ3v) is 4.54. The molecule has 0 saturated heterocycles. The first-order valence-corrected chi connectivity index (χ1v) is 9.62. The normalized spacial score (nSPS) is 12.5. The predicted molar refractivity (Wildman–Crippen MR) is 103 cm³/mol. The monoisotopic (exact) mass is 417 g/mol. The van der Waals surface area contributed by atoms with Crippen molar-refractivity contribution in [1.82, 2.24) is 20.5 Å². The lowest BCUT2D eigenvalue weighted by atomic mass is 10.2. The number of thiazole rings is 1. The molecular formula is C18H23F4N5S. The molecule has 0 atom stereocenters. The molecule has 0 aliphatic heterocycles. The number of hydrogen-bond acceptors (Lipinski definition) is 4. The van der Waals surface area contributed by atoms with Crippen LogP contribution in [0.5, 0.6) is 0 Å². The van der Waals surface area contributed by atoms with Crippen molar-refractivity contribution in [2.45, 2.75) is 26.2 Å². The molecule has 10 heteroatoms. The van der Waals surface area contributed by atoms with Crippen LogP contribution in [-0.4, -0.2) is 42.5 Å². The average molecular weight is 417 g/mol. The number of likely N-dealkylation sites (N-methyl/N-ethyl adjacent to an activating group) is 1. The highest BCUT2D eigenvalue weighted by molar-refractivity contribution is 7.09. The van der Waals surface area contributed by atoms with Gasteiger partial charge in [-0.2, -0.15) is 13.2 Å². The Morgan fingerprint density at radius 2 is 1.93 bits per heavy atom. The van der Waals surface area contributed by atoms with Gasteiger partial charge in [0.05, 0.1) is 6.54 Å². The van der Waals surface area contributed by atoms with Crippen LogP contribution in [0.15, 0.2) is 34.6 Å². The van der Waals surface area contributed by atoms with Gasteiger partial charge in [0, 0.05) is 31.6 Å². The molecule has 0 spiro atoms. The first-order valence-electron chi connectivity index (χ1n) is 8.74. The summed E-state index contributed by atoms with van der Waals surface area (Å²) < 4.78 is 50.7. The van der Waals surface area contributed by atoms with Crippen LogP contribution in [-0.2, 0) is 19.3 Å². The van der Waals surface area contributed by atoms with Crippen LogP contribution < -0.4 is 10.6 Å². The second-order valence-corrected chi connectivity index (χ2v) is 7.05. The molecule has 0 bridgehead atoms. The first kappa shape index (κ1) is 22.1. The van der Waals surface area contributed by atoms with Gasteiger partial charge in [0.25, 0.3) is 0 Å². The molecule has 154 valence electrons. The maximum Gasteiger partial charge on any atom is 0.434 e. The number of benzene rings is 1. The van der Waals surface area contributed by atoms with E-state index in [0.717, 1.165) is 22.3 Å². The van der Waals surface area contributed by atoms with Gasteiger partial charge >= 0.3 is 6.18 Å². The van der Waals surface area contributed by atoms with E-state index in [0.29, 0.717) is 37.1 Å². The van der Waals surface area contributed by atoms with Crippen LogP contribution in [0.1, 0.15) is 23.2 Å². The van der Waals surface area contributed by atoms with Gasteiger partial charge in [-0.1, -0.05) is 12.1 Å². The molecule has 0 fully saturated rings. The Bertz CT molecular complexity index is 758. The van der Waals surface area contributed by atoms with Crippen molar-refractivity contribution in [3.05, 3.63) is 51.7 Å². The lowest BCUT2D eigenvalue weighted by molar-refractivity contribution is -0.140. The van der Waals surface area contributed by atoms with E-state index in [-0.39, 0.29) is 12.4 Å². The minimum absolute atomic E-state index is 0.0709. The molecule has 1 aromatic heterocycles. The van der Waals surface area contributed by atoms with Gasteiger partial charge in [0.1, 0.15) is 10.8 Å². The summed E-state index contributed by atoms with van der Waals surface area (Å²) >= 11 is 0.939. The molecule has 2 N–H and O–H groups in total. The molecule has 28 heavy (non-hydrogen) atoms. The Labute approximate surface area is 165 Å². The zero-order chi connectivity index (χ0) is 20.6. The number of alkyl halides is 3. The molecule has 2 rings (SSSR count). The zero-order valence-corrected chi connectivity index (χ0v) is 16.5. The number of nitrogens with one attached hydrogen (secondary N) is 2. The number of hydrogen-bond donors (Lipinski definition) is 2. The molecule has 0 amide bonds. The Hall–Kier alpha value is -2.20. The minimum Gasteiger partial charge on any atom is -0.357 e. The van der Waals surface area contributed by atoms with E-state index < -0.39 is 11.9 Å². The number of nitrogens with zero attached hydrogens (tertiary/aromatic N) is 3. The third kappa shape index (κ3) is 7.43. The fraction of sp³-hybridized carbons (Fsp3) is 0.444. The van der Waals surface area contributed by atoms with Crippen LogP contribution in [0.3, 0.4) is 0 Å². The minimum atomic E-state index is -4.43. The molecule has 0 unspecified atom stereocenters. The van der Waals surface area contributed by atoms with E-state index in [1.807, 2.05) is 14.0 Å². The van der Waals surface area contributed by atoms with Crippen LogP contribution in [0.4, 0.5) is 17.6 Å². The Balaban J connectivity index is 1.82. The summed E-state index contributed by atoms with van der Waals surface area (Å²) in [5, 5.41) is 7.50. The highest BCUT2D eigenvalue weighted by Crippen LogP contribution is 2.30. The van der Waals surface area contributed by atoms with Gasteiger partial charge in [-0.25, -0.2) is 14.4 Å². The Morgan fingerprint density at radius 1 is 1.21 bits per heavy atom. The van der Waals surface area contributed by atoms with Crippen LogP contribution in [0.25, 0.3) is 0 Å². The number of aromatic nitrogens is 1. The molecule has 1 aromatic carbocycles. The topological polar surface area (TPSA) is 52.6 Å². The smallest absolute Gasteiger partial charge is 0.357 e. The standard InChI is InChI=1S/C18H23F4N5S/c1-3-23-17(25-10-16-26-15(12-28-16)18(20,21)22)24-8-9-27(2)11-13-4-6-14(19)7-5-13/h4-7,12H,3,8-11H2,1-2H3,(H2,23,24,25). The predicted octanol–water partition coefficient (Wildman–Crippen LogP) is 3.49. The highest BCUT2D eigenvalue weighted by atomic mass is 32.1. The van der Waals surface area contributed by atoms with E-state index in [1.54, 1.807) is 12.1 Å². The van der Waals surface area contributed by atoms with Gasteiger partial charge in [-0.3, -0.25) is 0 Å². The van der Waals surface area contributed by atoms with E-state index in [9.17, 15) is 17.6 Å². The van der Waals surface area contributed by atoms with Gasteiger partial charge in [-0.05, 0) is 31.7 Å². The summed E-state index contributed by atoms with van der Waals surface area (Å²) in [6.45, 7) is 4.58. The summed E-state index contributed by atoms with van der Waals surface area (Å²) in [6.07, 6.45) is -4.43. The molecule has 0 radical (unpaired) electrons. The fourth-order valence-corrected chi connectivity index (χ4v) is 3.07. The lowest BCUT2D eigenvalue weighted by Crippen LogP contribution is -2.40. The lowest BCUT2D eigenvalue weighted by Gasteiger charge is -2.18. The van der Waals surface area contributed by atoms with Crippen molar-refractivity contribution in [2.24, 2.45) is 4.99 Å². The number of halogens is 4. The zero-order valence-electron chi connectivity index (χ0n) is 15.7. The molecular weight excluding hydrogens is 394 g/mol. The summed E-state index contributed by atoms with van der Waals surface area (Å²) in [4.78, 5) is 9.93. The summed E-state index contributed by atoms with van der Waals surface area (Å²) in [7, 11) is 1.95. The van der Waals surface area contributed by atoms with Crippen molar-refractivity contribution in [2.75, 3.05) is 26.7 Å². The number of guanidine groups is 1. The van der Waals surface area contributed by atoms with Crippen molar-refractivity contribution in [3.63, 3.8) is 0 Å². The van der Waals surface area contributed by atoms with Crippen LogP contribution in [0.2, 0.25) is 0 Å². The second kappa shape index (κ2) is 10.4. The van der Waals surface area contributed by atoms with Crippen LogP contribution in [0, 0.1) is 5.82 Å². The summed E-state index contributed by atoms with van der Waals surface area (Å²) in [5.41, 5.74) is 0.122. The molecule has 1 heterocycles. The summed E-state index contributed by atoms with van der Waals surface area (Å²) in [5.74, 6) is 0.253. The maximum absolute atomic E-state index is 12.9. The molecule has 0 saturated carbocycles. The number of rotatable bonds is 8. The summed E-state index contributed by atoms with van der Waals surface area (Å²) in [6, 6.07) is 6.35. The first-order chi connectivity index (χ1) is 13.3. The maximum atomic E-state index is 12.9. The molecule has 0 aliphatic carbocycles. The van der Waals surface area contributed by atoms with Gasteiger partial charge < -0.3 is 15.5 Å². The molecule has 0 aliphatic rings. The quantitative estimate of drug-likeness (QED) is 0.392. The van der Waals surface area contributed by atoms with Crippen molar-refractivity contribution < 1.29 is 17.6 Å². The largest absolute Gasteiger partial charge is 0.434 e. The van der Waals surface area contributed by atoms with Crippen molar-refractivity contribution >= 4 is 17.3 Å². The Morgan fingerprint density at radius 3 is 2.54 bits per heavy atom. The molecule has 2 aromatic rings. The van der Waals surface area contributed by atoms with Gasteiger partial charge in [0.15, 0.2) is 11.7 Å². The second-order valence-electron chi connectivity index (χ2n) is 6.11. The van der Waals surface area contributed by atoms with E-state index in [2.05, 4.69) is 25.5 Å².